The molecule has 6 heteroatoms. The molecule has 1 aliphatic rings. The maximum atomic E-state index is 11.1. The Bertz CT molecular complexity index is 475. The lowest BCUT2D eigenvalue weighted by molar-refractivity contribution is -0.143. The summed E-state index contributed by atoms with van der Waals surface area (Å²) in [4.78, 5) is 11.1. The van der Waals surface area contributed by atoms with Gasteiger partial charge in [-0.25, -0.2) is 0 Å². The van der Waals surface area contributed by atoms with Crippen molar-refractivity contribution in [1.82, 2.24) is 5.32 Å². The van der Waals surface area contributed by atoms with E-state index < -0.39 is 0 Å². The first-order valence-electron chi connectivity index (χ1n) is 6.68. The zero-order chi connectivity index (χ0) is 14.4. The number of phenolic OH excluding ortho intramolecular Hbond substituents is 1. The largest absolute Gasteiger partial charge is 0.507 e. The van der Waals surface area contributed by atoms with Crippen LogP contribution in [0.15, 0.2) is 12.1 Å². The number of aromatic hydroxyl groups is 1. The summed E-state index contributed by atoms with van der Waals surface area (Å²) in [6.45, 7) is 3.57. The molecule has 1 aromatic rings. The third-order valence-electron chi connectivity index (χ3n) is 2.93. The molecule has 2 N–H and O–H groups in total. The molecule has 0 spiro atoms. The normalized spacial score (nSPS) is 12.4. The van der Waals surface area contributed by atoms with Gasteiger partial charge in [-0.2, -0.15) is 0 Å². The zero-order valence-electron chi connectivity index (χ0n) is 11.5. The van der Waals surface area contributed by atoms with Crippen molar-refractivity contribution in [3.63, 3.8) is 0 Å². The van der Waals surface area contributed by atoms with Crippen LogP contribution in [0.5, 0.6) is 17.2 Å². The summed E-state index contributed by atoms with van der Waals surface area (Å²) in [6, 6.07) is 3.31. The molecule has 0 bridgehead atoms. The maximum Gasteiger partial charge on any atom is 0.305 e. The molecule has 0 amide bonds. The number of benzene rings is 1. The summed E-state index contributed by atoms with van der Waals surface area (Å²) < 4.78 is 15.3. The van der Waals surface area contributed by atoms with Gasteiger partial charge in [-0.05, 0) is 26.0 Å². The highest BCUT2D eigenvalue weighted by atomic mass is 16.7. The molecular weight excluding hydrogens is 262 g/mol. The Morgan fingerprint density at radius 1 is 1.40 bits per heavy atom. The van der Waals surface area contributed by atoms with Gasteiger partial charge in [0.05, 0.1) is 6.61 Å². The van der Waals surface area contributed by atoms with Crippen LogP contribution in [0.3, 0.4) is 0 Å². The Balaban J connectivity index is 1.73. The van der Waals surface area contributed by atoms with Crippen LogP contribution in [0.4, 0.5) is 0 Å². The average Bonchev–Trinajstić information content (AvgIpc) is 2.85. The van der Waals surface area contributed by atoms with E-state index >= 15 is 0 Å². The first-order chi connectivity index (χ1) is 9.70. The first-order valence-corrected chi connectivity index (χ1v) is 6.68. The monoisotopic (exact) mass is 281 g/mol. The fraction of sp³-hybridized carbons (Fsp3) is 0.500. The molecule has 0 atom stereocenters. The first kappa shape index (κ1) is 14.5. The second kappa shape index (κ2) is 7.00. The quantitative estimate of drug-likeness (QED) is 0.583. The number of hydrogen-bond acceptors (Lipinski definition) is 6. The molecule has 1 aromatic carbocycles. The Morgan fingerprint density at radius 3 is 2.90 bits per heavy atom. The van der Waals surface area contributed by atoms with Crippen molar-refractivity contribution < 1.29 is 24.1 Å². The van der Waals surface area contributed by atoms with Gasteiger partial charge < -0.3 is 24.6 Å². The van der Waals surface area contributed by atoms with Crippen LogP contribution in [-0.2, 0) is 16.1 Å². The lowest BCUT2D eigenvalue weighted by Crippen LogP contribution is -2.16. The van der Waals surface area contributed by atoms with Crippen molar-refractivity contribution in [2.45, 2.75) is 26.3 Å². The van der Waals surface area contributed by atoms with Crippen LogP contribution >= 0.6 is 0 Å². The highest BCUT2D eigenvalue weighted by Crippen LogP contribution is 2.37. The van der Waals surface area contributed by atoms with Gasteiger partial charge in [-0.1, -0.05) is 0 Å². The van der Waals surface area contributed by atoms with Crippen LogP contribution < -0.4 is 14.8 Å². The molecule has 0 unspecified atom stereocenters. The molecule has 1 aliphatic heterocycles. The average molecular weight is 281 g/mol. The number of nitrogens with one attached hydrogen (secondary N) is 1. The molecule has 0 aromatic heterocycles. The molecule has 20 heavy (non-hydrogen) atoms. The molecule has 0 fully saturated rings. The third kappa shape index (κ3) is 3.77. The van der Waals surface area contributed by atoms with E-state index in [4.69, 9.17) is 14.2 Å². The number of carbonyl (C=O) groups excluding carboxylic acids is 1. The summed E-state index contributed by atoms with van der Waals surface area (Å²) >= 11 is 0. The minimum atomic E-state index is -0.180. The molecular formula is C14H19NO5. The van der Waals surface area contributed by atoms with E-state index in [0.29, 0.717) is 44.0 Å². The van der Waals surface area contributed by atoms with Gasteiger partial charge >= 0.3 is 5.97 Å². The van der Waals surface area contributed by atoms with E-state index in [1.807, 2.05) is 0 Å². The van der Waals surface area contributed by atoms with Crippen molar-refractivity contribution in [2.75, 3.05) is 19.9 Å². The molecule has 0 radical (unpaired) electrons. The van der Waals surface area contributed by atoms with Crippen LogP contribution in [0, 0.1) is 0 Å². The van der Waals surface area contributed by atoms with Gasteiger partial charge in [0.25, 0.3) is 0 Å². The van der Waals surface area contributed by atoms with Gasteiger partial charge in [-0.15, -0.1) is 0 Å². The second-order valence-electron chi connectivity index (χ2n) is 4.42. The van der Waals surface area contributed by atoms with E-state index in [1.54, 1.807) is 19.1 Å². The standard InChI is InChI=1S/C14H19NO5/c1-2-18-14(17)4-3-5-15-8-10-6-12-13(7-11(10)16)20-9-19-12/h6-7,15-16H,2-5,8-9H2,1H3. The number of fused-ring (bicyclic) bond motifs is 1. The Labute approximate surface area is 117 Å². The number of phenols is 1. The van der Waals surface area contributed by atoms with Gasteiger partial charge in [0.1, 0.15) is 5.75 Å². The van der Waals surface area contributed by atoms with Crippen molar-refractivity contribution >= 4 is 5.97 Å². The Hall–Kier alpha value is -1.95. The van der Waals surface area contributed by atoms with Gasteiger partial charge in [-0.3, -0.25) is 4.79 Å². The van der Waals surface area contributed by atoms with Crippen molar-refractivity contribution in [2.24, 2.45) is 0 Å². The minimum absolute atomic E-state index is 0.173. The van der Waals surface area contributed by atoms with E-state index in [1.165, 1.54) is 0 Å². The minimum Gasteiger partial charge on any atom is -0.507 e. The molecule has 0 saturated heterocycles. The second-order valence-corrected chi connectivity index (χ2v) is 4.42. The Kier molecular flexibility index (Phi) is 5.06. The van der Waals surface area contributed by atoms with E-state index in [-0.39, 0.29) is 18.5 Å². The fourth-order valence-electron chi connectivity index (χ4n) is 1.93. The highest BCUT2D eigenvalue weighted by molar-refractivity contribution is 5.69. The smallest absolute Gasteiger partial charge is 0.305 e. The molecule has 6 nitrogen and oxygen atoms in total. The van der Waals surface area contributed by atoms with Crippen LogP contribution in [-0.4, -0.2) is 31.0 Å². The van der Waals surface area contributed by atoms with Crippen LogP contribution in [0.25, 0.3) is 0 Å². The van der Waals surface area contributed by atoms with E-state index in [9.17, 15) is 9.90 Å². The van der Waals surface area contributed by atoms with Crippen LogP contribution in [0.1, 0.15) is 25.3 Å². The molecule has 1 heterocycles. The molecule has 2 rings (SSSR count). The van der Waals surface area contributed by atoms with Gasteiger partial charge in [0.2, 0.25) is 6.79 Å². The van der Waals surface area contributed by atoms with Crippen molar-refractivity contribution in [3.8, 4) is 17.2 Å². The summed E-state index contributed by atoms with van der Waals surface area (Å²) in [6.07, 6.45) is 1.10. The molecule has 0 aliphatic carbocycles. The van der Waals surface area contributed by atoms with Gasteiger partial charge in [0.15, 0.2) is 11.5 Å². The summed E-state index contributed by atoms with van der Waals surface area (Å²) in [7, 11) is 0. The van der Waals surface area contributed by atoms with Crippen molar-refractivity contribution in [3.05, 3.63) is 17.7 Å². The lowest BCUT2D eigenvalue weighted by Gasteiger charge is -2.08. The number of ether oxygens (including phenoxy) is 3. The molecule has 110 valence electrons. The summed E-state index contributed by atoms with van der Waals surface area (Å²) in [5.74, 6) is 1.20. The SMILES string of the molecule is CCOC(=O)CCCNCc1cc2c(cc1O)OCO2. The number of esters is 1. The number of carbonyl (C=O) groups is 1. The highest BCUT2D eigenvalue weighted by Gasteiger charge is 2.16. The lowest BCUT2D eigenvalue weighted by atomic mass is 10.1. The predicted molar refractivity (Wildman–Crippen MR) is 71.8 cm³/mol. The fourth-order valence-corrected chi connectivity index (χ4v) is 1.93. The Morgan fingerprint density at radius 2 is 2.15 bits per heavy atom. The topological polar surface area (TPSA) is 77.0 Å². The third-order valence-corrected chi connectivity index (χ3v) is 2.93. The zero-order valence-corrected chi connectivity index (χ0v) is 11.5. The van der Waals surface area contributed by atoms with E-state index in [0.717, 1.165) is 5.56 Å². The van der Waals surface area contributed by atoms with Crippen LogP contribution in [0.2, 0.25) is 0 Å². The molecule has 0 saturated carbocycles. The number of hydrogen-bond donors (Lipinski definition) is 2. The maximum absolute atomic E-state index is 11.1. The predicted octanol–water partition coefficient (Wildman–Crippen LogP) is 1.55. The van der Waals surface area contributed by atoms with E-state index in [2.05, 4.69) is 5.32 Å². The van der Waals surface area contributed by atoms with Gasteiger partial charge in [0, 0.05) is 24.6 Å². The number of rotatable bonds is 7. The summed E-state index contributed by atoms with van der Waals surface area (Å²) in [5.41, 5.74) is 0.741. The van der Waals surface area contributed by atoms with Crippen molar-refractivity contribution in [1.29, 1.82) is 0 Å². The summed E-state index contributed by atoms with van der Waals surface area (Å²) in [5, 5.41) is 13.0.